The molecular weight excluding hydrogens is 373 g/mol. The maximum absolute atomic E-state index is 13.4. The number of anilines is 1. The van der Waals surface area contributed by atoms with Gasteiger partial charge >= 0.3 is 6.18 Å². The molecule has 0 saturated carbocycles. The van der Waals surface area contributed by atoms with Crippen molar-refractivity contribution >= 4 is 17.5 Å². The van der Waals surface area contributed by atoms with Crippen molar-refractivity contribution in [1.82, 2.24) is 15.5 Å². The fraction of sp³-hybridized carbons (Fsp3) is 0.579. The molecule has 1 aromatic carbocycles. The summed E-state index contributed by atoms with van der Waals surface area (Å²) in [5.41, 5.74) is 1.75. The minimum atomic E-state index is -4.43. The van der Waals surface area contributed by atoms with Gasteiger partial charge in [0.25, 0.3) is 0 Å². The van der Waals surface area contributed by atoms with E-state index in [1.807, 2.05) is 19.1 Å². The standard InChI is InChI=1S/C19H25F3N4O2/c1-13-2-4-15(5-3-13)26-12-14(10-17(26)27)18(28)24-11-16(19(20,21)22)25-8-6-23-7-9-25/h2-5,14,16,23H,6-12H2,1H3,(H,24,28). The van der Waals surface area contributed by atoms with Crippen LogP contribution in [0.5, 0.6) is 0 Å². The monoisotopic (exact) mass is 398 g/mol. The Balaban J connectivity index is 1.59. The Bertz CT molecular complexity index is 702. The van der Waals surface area contributed by atoms with Crippen molar-refractivity contribution < 1.29 is 22.8 Å². The quantitative estimate of drug-likeness (QED) is 0.785. The summed E-state index contributed by atoms with van der Waals surface area (Å²) < 4.78 is 40.3. The van der Waals surface area contributed by atoms with Crippen molar-refractivity contribution in [2.75, 3.05) is 44.2 Å². The highest BCUT2D eigenvalue weighted by Crippen LogP contribution is 2.27. The lowest BCUT2D eigenvalue weighted by Gasteiger charge is -2.36. The molecule has 0 spiro atoms. The van der Waals surface area contributed by atoms with Gasteiger partial charge in [0.15, 0.2) is 0 Å². The van der Waals surface area contributed by atoms with E-state index in [-0.39, 0.29) is 32.0 Å². The summed E-state index contributed by atoms with van der Waals surface area (Å²) in [5.74, 6) is -1.35. The molecule has 0 radical (unpaired) electrons. The largest absolute Gasteiger partial charge is 0.405 e. The smallest absolute Gasteiger partial charge is 0.354 e. The average Bonchev–Trinajstić information content (AvgIpc) is 3.04. The Morgan fingerprint density at radius 1 is 1.25 bits per heavy atom. The van der Waals surface area contributed by atoms with Crippen LogP contribution in [0.1, 0.15) is 12.0 Å². The summed E-state index contributed by atoms with van der Waals surface area (Å²) in [5, 5.41) is 5.45. The van der Waals surface area contributed by atoms with Gasteiger partial charge in [-0.1, -0.05) is 17.7 Å². The van der Waals surface area contributed by atoms with Crippen LogP contribution in [-0.4, -0.2) is 68.2 Å². The number of rotatable bonds is 5. The van der Waals surface area contributed by atoms with Crippen LogP contribution in [0.2, 0.25) is 0 Å². The molecular formula is C19H25F3N4O2. The van der Waals surface area contributed by atoms with Gasteiger partial charge in [0.05, 0.1) is 5.92 Å². The summed E-state index contributed by atoms with van der Waals surface area (Å²) in [4.78, 5) is 27.6. The molecule has 2 unspecified atom stereocenters. The molecule has 2 saturated heterocycles. The number of aryl methyl sites for hydroxylation is 1. The minimum Gasteiger partial charge on any atom is -0.354 e. The highest BCUT2D eigenvalue weighted by atomic mass is 19.4. The van der Waals surface area contributed by atoms with E-state index in [0.29, 0.717) is 18.8 Å². The van der Waals surface area contributed by atoms with Gasteiger partial charge in [-0.05, 0) is 19.1 Å². The van der Waals surface area contributed by atoms with E-state index in [1.54, 1.807) is 12.1 Å². The molecule has 0 bridgehead atoms. The first-order chi connectivity index (χ1) is 13.3. The van der Waals surface area contributed by atoms with E-state index < -0.39 is 30.6 Å². The Morgan fingerprint density at radius 3 is 2.50 bits per heavy atom. The molecule has 2 aliphatic heterocycles. The molecule has 9 heteroatoms. The van der Waals surface area contributed by atoms with E-state index >= 15 is 0 Å². The Kier molecular flexibility index (Phi) is 6.24. The number of alkyl halides is 3. The first-order valence-electron chi connectivity index (χ1n) is 9.42. The molecule has 3 rings (SSSR count). The maximum Gasteiger partial charge on any atom is 0.405 e. The average molecular weight is 398 g/mol. The predicted octanol–water partition coefficient (Wildman–Crippen LogP) is 1.30. The van der Waals surface area contributed by atoms with Crippen molar-refractivity contribution in [3.63, 3.8) is 0 Å². The summed E-state index contributed by atoms with van der Waals surface area (Å²) >= 11 is 0. The fourth-order valence-corrected chi connectivity index (χ4v) is 3.64. The number of carbonyl (C=O) groups excluding carboxylic acids is 2. The third-order valence-electron chi connectivity index (χ3n) is 5.28. The minimum absolute atomic E-state index is 0.00400. The van der Waals surface area contributed by atoms with Gasteiger partial charge in [0.2, 0.25) is 11.8 Å². The summed E-state index contributed by atoms with van der Waals surface area (Å²) in [6.45, 7) is 3.15. The Labute approximate surface area is 162 Å². The zero-order valence-corrected chi connectivity index (χ0v) is 15.8. The van der Waals surface area contributed by atoms with Gasteiger partial charge in [0.1, 0.15) is 6.04 Å². The highest BCUT2D eigenvalue weighted by molar-refractivity contribution is 6.00. The second-order valence-electron chi connectivity index (χ2n) is 7.33. The predicted molar refractivity (Wildman–Crippen MR) is 98.9 cm³/mol. The van der Waals surface area contributed by atoms with Crippen LogP contribution in [0.15, 0.2) is 24.3 Å². The van der Waals surface area contributed by atoms with Gasteiger partial charge in [0, 0.05) is 51.4 Å². The first kappa shape index (κ1) is 20.6. The topological polar surface area (TPSA) is 64.7 Å². The number of nitrogens with one attached hydrogen (secondary N) is 2. The van der Waals surface area contributed by atoms with Crippen molar-refractivity contribution in [3.8, 4) is 0 Å². The number of hydrogen-bond donors (Lipinski definition) is 2. The van der Waals surface area contributed by atoms with Gasteiger partial charge in [-0.3, -0.25) is 14.5 Å². The van der Waals surface area contributed by atoms with Crippen LogP contribution in [0, 0.1) is 12.8 Å². The highest BCUT2D eigenvalue weighted by Gasteiger charge is 2.44. The van der Waals surface area contributed by atoms with E-state index in [4.69, 9.17) is 0 Å². The summed E-state index contributed by atoms with van der Waals surface area (Å²) in [6, 6.07) is 5.63. The number of halogens is 3. The summed E-state index contributed by atoms with van der Waals surface area (Å²) in [6.07, 6.45) is -4.42. The van der Waals surface area contributed by atoms with E-state index in [0.717, 1.165) is 5.56 Å². The van der Waals surface area contributed by atoms with Crippen LogP contribution in [0.25, 0.3) is 0 Å². The maximum atomic E-state index is 13.4. The number of hydrogen-bond acceptors (Lipinski definition) is 4. The molecule has 2 aliphatic rings. The number of benzene rings is 1. The number of piperazine rings is 1. The van der Waals surface area contributed by atoms with Crippen molar-refractivity contribution in [1.29, 1.82) is 0 Å². The van der Waals surface area contributed by atoms with Crippen molar-refractivity contribution in [3.05, 3.63) is 29.8 Å². The normalized spacial score (nSPS) is 22.4. The fourth-order valence-electron chi connectivity index (χ4n) is 3.64. The number of nitrogens with zero attached hydrogens (tertiary/aromatic N) is 2. The number of amides is 2. The van der Waals surface area contributed by atoms with Gasteiger partial charge in [-0.2, -0.15) is 13.2 Å². The van der Waals surface area contributed by atoms with Crippen LogP contribution in [0.3, 0.4) is 0 Å². The molecule has 28 heavy (non-hydrogen) atoms. The lowest BCUT2D eigenvalue weighted by atomic mass is 10.1. The summed E-state index contributed by atoms with van der Waals surface area (Å²) in [7, 11) is 0. The van der Waals surface area contributed by atoms with Crippen molar-refractivity contribution in [2.24, 2.45) is 5.92 Å². The van der Waals surface area contributed by atoms with Gasteiger partial charge in [-0.15, -0.1) is 0 Å². The Morgan fingerprint density at radius 2 is 1.89 bits per heavy atom. The molecule has 0 aliphatic carbocycles. The third kappa shape index (κ3) is 4.82. The first-order valence-corrected chi connectivity index (χ1v) is 9.42. The lowest BCUT2D eigenvalue weighted by Crippen LogP contribution is -2.57. The SMILES string of the molecule is Cc1ccc(N2CC(C(=O)NCC(N3CCNCC3)C(F)(F)F)CC2=O)cc1. The molecule has 0 aromatic heterocycles. The van der Waals surface area contributed by atoms with Crippen LogP contribution < -0.4 is 15.5 Å². The molecule has 2 amide bonds. The zero-order chi connectivity index (χ0) is 20.3. The van der Waals surface area contributed by atoms with E-state index in [2.05, 4.69) is 10.6 Å². The number of carbonyl (C=O) groups is 2. The lowest BCUT2D eigenvalue weighted by molar-refractivity contribution is -0.184. The molecule has 2 fully saturated rings. The van der Waals surface area contributed by atoms with Crippen LogP contribution in [0.4, 0.5) is 18.9 Å². The van der Waals surface area contributed by atoms with Gasteiger partial charge < -0.3 is 15.5 Å². The molecule has 2 heterocycles. The molecule has 1 aromatic rings. The zero-order valence-electron chi connectivity index (χ0n) is 15.8. The van der Waals surface area contributed by atoms with E-state index in [1.165, 1.54) is 9.80 Å². The van der Waals surface area contributed by atoms with E-state index in [9.17, 15) is 22.8 Å². The van der Waals surface area contributed by atoms with Crippen molar-refractivity contribution in [2.45, 2.75) is 25.6 Å². The Hall–Kier alpha value is -2.13. The molecule has 6 nitrogen and oxygen atoms in total. The molecule has 2 atom stereocenters. The van der Waals surface area contributed by atoms with Crippen LogP contribution in [-0.2, 0) is 9.59 Å². The molecule has 2 N–H and O–H groups in total. The van der Waals surface area contributed by atoms with Gasteiger partial charge in [-0.25, -0.2) is 0 Å². The molecule has 154 valence electrons. The second kappa shape index (κ2) is 8.48. The second-order valence-corrected chi connectivity index (χ2v) is 7.33. The van der Waals surface area contributed by atoms with Crippen LogP contribution >= 0.6 is 0 Å². The third-order valence-corrected chi connectivity index (χ3v) is 5.28.